The van der Waals surface area contributed by atoms with Gasteiger partial charge in [0, 0.05) is 42.4 Å². The van der Waals surface area contributed by atoms with Gasteiger partial charge in [-0.2, -0.15) is 0 Å². The highest BCUT2D eigenvalue weighted by atomic mass is 16.3. The predicted molar refractivity (Wildman–Crippen MR) is 87.1 cm³/mol. The summed E-state index contributed by atoms with van der Waals surface area (Å²) in [7, 11) is 0. The molecule has 2 aromatic rings. The van der Waals surface area contributed by atoms with E-state index in [4.69, 9.17) is 4.42 Å². The third-order valence-corrected chi connectivity index (χ3v) is 5.08. The molecule has 1 aliphatic heterocycles. The number of pyridine rings is 1. The van der Waals surface area contributed by atoms with Crippen molar-refractivity contribution in [2.45, 2.75) is 13.3 Å². The zero-order valence-electron chi connectivity index (χ0n) is 13.7. The maximum atomic E-state index is 12.3. The molecule has 1 saturated carbocycles. The van der Waals surface area contributed by atoms with Crippen LogP contribution in [-0.4, -0.2) is 46.3 Å². The quantitative estimate of drug-likeness (QED) is 0.844. The van der Waals surface area contributed by atoms with Crippen LogP contribution in [0.4, 0.5) is 0 Å². The Labute approximate surface area is 143 Å². The van der Waals surface area contributed by atoms with Crippen molar-refractivity contribution in [1.82, 2.24) is 20.2 Å². The first-order valence-electron chi connectivity index (χ1n) is 8.14. The van der Waals surface area contributed by atoms with E-state index >= 15 is 0 Å². The van der Waals surface area contributed by atoms with Crippen molar-refractivity contribution in [2.24, 2.45) is 11.3 Å². The number of carbonyl (C=O) groups is 2. The molecule has 3 heterocycles. The molecule has 2 aliphatic rings. The van der Waals surface area contributed by atoms with Crippen LogP contribution in [-0.2, 0) is 0 Å². The van der Waals surface area contributed by atoms with Gasteiger partial charge in [-0.1, -0.05) is 0 Å². The van der Waals surface area contributed by atoms with Gasteiger partial charge >= 0.3 is 0 Å². The molecule has 0 aromatic carbocycles. The first-order chi connectivity index (χ1) is 12.0. The number of aromatic amines is 1. The maximum absolute atomic E-state index is 12.3. The van der Waals surface area contributed by atoms with Crippen LogP contribution in [0.25, 0.3) is 0 Å². The number of nitrogens with zero attached hydrogens (tertiary/aromatic N) is 2. The Morgan fingerprint density at radius 2 is 2.32 bits per heavy atom. The monoisotopic (exact) mass is 342 g/mol. The van der Waals surface area contributed by atoms with Gasteiger partial charge in [-0.3, -0.25) is 14.4 Å². The molecule has 8 heteroatoms. The van der Waals surface area contributed by atoms with Crippen LogP contribution >= 0.6 is 0 Å². The number of hydrogen-bond acceptors (Lipinski definition) is 5. The van der Waals surface area contributed by atoms with E-state index in [1.165, 1.54) is 18.7 Å². The van der Waals surface area contributed by atoms with Crippen molar-refractivity contribution >= 4 is 11.8 Å². The summed E-state index contributed by atoms with van der Waals surface area (Å²) in [5.74, 6) is 0.190. The van der Waals surface area contributed by atoms with Gasteiger partial charge in [0.2, 0.25) is 11.3 Å². The molecule has 0 spiro atoms. The molecule has 0 bridgehead atoms. The maximum Gasteiger partial charge on any atom is 0.291 e. The molecule has 2 fully saturated rings. The Morgan fingerprint density at radius 1 is 1.48 bits per heavy atom. The van der Waals surface area contributed by atoms with Gasteiger partial charge in [-0.15, -0.1) is 0 Å². The summed E-state index contributed by atoms with van der Waals surface area (Å²) in [5.41, 5.74) is 0.631. The first kappa shape index (κ1) is 15.6. The smallest absolute Gasteiger partial charge is 0.291 e. The van der Waals surface area contributed by atoms with Crippen LogP contribution in [0, 0.1) is 18.3 Å². The van der Waals surface area contributed by atoms with Gasteiger partial charge < -0.3 is 19.6 Å². The lowest BCUT2D eigenvalue weighted by Crippen LogP contribution is -2.36. The number of nitrogens with one attached hydrogen (secondary N) is 2. The number of likely N-dealkylation sites (tertiary alicyclic amines) is 1. The standard InChI is InChI=1S/C17H18N4O4/c1-10-2-11(3-14(22)20-10)15(23)19-7-17-4-12(17)6-21(8-17)16(24)13-5-18-9-25-13/h2-3,5,9,12H,4,6-8H2,1H3,(H,19,23)(H,20,22). The Kier molecular flexibility index (Phi) is 3.48. The van der Waals surface area contributed by atoms with Crippen LogP contribution in [0.2, 0.25) is 0 Å². The second-order valence-corrected chi connectivity index (χ2v) is 6.91. The van der Waals surface area contributed by atoms with Crippen molar-refractivity contribution in [3.05, 3.63) is 52.1 Å². The predicted octanol–water partition coefficient (Wildman–Crippen LogP) is 0.563. The van der Waals surface area contributed by atoms with Crippen LogP contribution in [0.15, 0.2) is 33.9 Å². The zero-order valence-corrected chi connectivity index (χ0v) is 13.7. The molecular formula is C17H18N4O4. The van der Waals surface area contributed by atoms with Crippen molar-refractivity contribution in [2.75, 3.05) is 19.6 Å². The lowest BCUT2D eigenvalue weighted by atomic mass is 10.1. The van der Waals surface area contributed by atoms with Gasteiger partial charge in [0.1, 0.15) is 0 Å². The number of piperidine rings is 1. The van der Waals surface area contributed by atoms with Crippen LogP contribution in [0.3, 0.4) is 0 Å². The fraction of sp³-hybridized carbons (Fsp3) is 0.412. The number of H-pyrrole nitrogens is 1. The van der Waals surface area contributed by atoms with E-state index in [0.717, 1.165) is 6.42 Å². The number of carbonyl (C=O) groups excluding carboxylic acids is 2. The summed E-state index contributed by atoms with van der Waals surface area (Å²) in [6, 6.07) is 2.94. The Hall–Kier alpha value is -2.90. The molecule has 2 amide bonds. The molecule has 130 valence electrons. The molecule has 4 rings (SSSR count). The Balaban J connectivity index is 1.38. The largest absolute Gasteiger partial charge is 0.438 e. The van der Waals surface area contributed by atoms with Crippen molar-refractivity contribution in [1.29, 1.82) is 0 Å². The zero-order chi connectivity index (χ0) is 17.6. The highest BCUT2D eigenvalue weighted by Gasteiger charge is 2.60. The average Bonchev–Trinajstić information content (AvgIpc) is 2.96. The van der Waals surface area contributed by atoms with Crippen LogP contribution < -0.4 is 10.9 Å². The van der Waals surface area contributed by atoms with Gasteiger partial charge in [-0.25, -0.2) is 4.98 Å². The number of oxazole rings is 1. The lowest BCUT2D eigenvalue weighted by molar-refractivity contribution is 0.0732. The van der Waals surface area contributed by atoms with E-state index < -0.39 is 0 Å². The molecule has 2 N–H and O–H groups in total. The molecular weight excluding hydrogens is 324 g/mol. The Morgan fingerprint density at radius 3 is 3.04 bits per heavy atom. The van der Waals surface area contributed by atoms with E-state index in [0.29, 0.717) is 36.8 Å². The molecule has 2 aromatic heterocycles. The minimum Gasteiger partial charge on any atom is -0.438 e. The molecule has 8 nitrogen and oxygen atoms in total. The highest BCUT2D eigenvalue weighted by Crippen LogP contribution is 2.57. The molecule has 0 radical (unpaired) electrons. The van der Waals surface area contributed by atoms with E-state index in [1.54, 1.807) is 17.9 Å². The fourth-order valence-electron chi connectivity index (χ4n) is 3.67. The topological polar surface area (TPSA) is 108 Å². The lowest BCUT2D eigenvalue weighted by Gasteiger charge is -2.20. The number of aromatic nitrogens is 2. The van der Waals surface area contributed by atoms with E-state index in [2.05, 4.69) is 15.3 Å². The molecule has 2 atom stereocenters. The number of amides is 2. The fourth-order valence-corrected chi connectivity index (χ4v) is 3.67. The first-order valence-corrected chi connectivity index (χ1v) is 8.14. The van der Waals surface area contributed by atoms with Gasteiger partial charge in [0.05, 0.1) is 6.20 Å². The normalized spacial score (nSPS) is 24.0. The summed E-state index contributed by atoms with van der Waals surface area (Å²) >= 11 is 0. The van der Waals surface area contributed by atoms with Gasteiger partial charge in [-0.05, 0) is 25.3 Å². The van der Waals surface area contributed by atoms with E-state index in [9.17, 15) is 14.4 Å². The van der Waals surface area contributed by atoms with Crippen molar-refractivity contribution in [3.8, 4) is 0 Å². The van der Waals surface area contributed by atoms with Crippen LogP contribution in [0.1, 0.15) is 33.0 Å². The minimum atomic E-state index is -0.294. The van der Waals surface area contributed by atoms with Crippen LogP contribution in [0.5, 0.6) is 0 Å². The van der Waals surface area contributed by atoms with Crippen molar-refractivity contribution in [3.63, 3.8) is 0 Å². The number of fused-ring (bicyclic) bond motifs is 1. The summed E-state index contributed by atoms with van der Waals surface area (Å²) in [4.78, 5) is 44.2. The summed E-state index contributed by atoms with van der Waals surface area (Å²) < 4.78 is 5.06. The number of aryl methyl sites for hydroxylation is 1. The van der Waals surface area contributed by atoms with Gasteiger partial charge in [0.15, 0.2) is 6.39 Å². The molecule has 1 aliphatic carbocycles. The average molecular weight is 342 g/mol. The Bertz CT molecular complexity index is 888. The number of hydrogen-bond donors (Lipinski definition) is 2. The van der Waals surface area contributed by atoms with Gasteiger partial charge in [0.25, 0.3) is 11.8 Å². The molecule has 2 unspecified atom stereocenters. The highest BCUT2D eigenvalue weighted by molar-refractivity contribution is 5.94. The third kappa shape index (κ3) is 2.84. The van der Waals surface area contributed by atoms with E-state index in [1.807, 2.05) is 0 Å². The third-order valence-electron chi connectivity index (χ3n) is 5.08. The molecule has 1 saturated heterocycles. The van der Waals surface area contributed by atoms with E-state index in [-0.39, 0.29) is 28.5 Å². The second kappa shape index (κ2) is 5.58. The number of rotatable bonds is 4. The molecule has 25 heavy (non-hydrogen) atoms. The SMILES string of the molecule is Cc1cc(C(=O)NCC23CC2CN(C(=O)c2cnco2)C3)cc(=O)[nH]1. The second-order valence-electron chi connectivity index (χ2n) is 6.91. The summed E-state index contributed by atoms with van der Waals surface area (Å²) in [6.07, 6.45) is 3.64. The minimum absolute atomic E-state index is 0.0679. The summed E-state index contributed by atoms with van der Waals surface area (Å²) in [6.45, 7) is 3.48. The summed E-state index contributed by atoms with van der Waals surface area (Å²) in [5, 5.41) is 2.91. The van der Waals surface area contributed by atoms with Crippen molar-refractivity contribution < 1.29 is 14.0 Å².